The molecule has 0 bridgehead atoms. The first kappa shape index (κ1) is 21.5. The van der Waals surface area contributed by atoms with E-state index in [9.17, 15) is 24.8 Å². The SMILES string of the molecule is CN(C)c1ccc(C2/C(=C(/O)c3ccc([N+](=O)[O-])cc3)C(=O)C(=O)N2C2CCCC2)cc1. The summed E-state index contributed by atoms with van der Waals surface area (Å²) in [6, 6.07) is 12.1. The van der Waals surface area contributed by atoms with Gasteiger partial charge in [0.1, 0.15) is 5.76 Å². The molecule has 1 aliphatic heterocycles. The first-order valence-corrected chi connectivity index (χ1v) is 10.6. The molecule has 2 aromatic carbocycles. The Morgan fingerprint density at radius 2 is 1.62 bits per heavy atom. The number of anilines is 1. The van der Waals surface area contributed by atoms with Crippen molar-refractivity contribution in [2.45, 2.75) is 37.8 Å². The van der Waals surface area contributed by atoms with Gasteiger partial charge in [-0.3, -0.25) is 19.7 Å². The lowest BCUT2D eigenvalue weighted by atomic mass is 9.94. The van der Waals surface area contributed by atoms with Crippen molar-refractivity contribution in [2.75, 3.05) is 19.0 Å². The molecule has 1 saturated carbocycles. The van der Waals surface area contributed by atoms with Crippen LogP contribution in [0, 0.1) is 10.1 Å². The summed E-state index contributed by atoms with van der Waals surface area (Å²) in [6.07, 6.45) is 3.61. The number of aliphatic hydroxyl groups is 1. The zero-order chi connectivity index (χ0) is 23.0. The van der Waals surface area contributed by atoms with Crippen LogP contribution in [0.1, 0.15) is 42.9 Å². The molecule has 1 atom stereocenters. The van der Waals surface area contributed by atoms with Crippen LogP contribution < -0.4 is 4.90 Å². The molecular formula is C24H25N3O5. The van der Waals surface area contributed by atoms with Crippen LogP contribution in [0.5, 0.6) is 0 Å². The maximum atomic E-state index is 13.1. The number of nitro benzene ring substituents is 1. The zero-order valence-electron chi connectivity index (χ0n) is 18.0. The Balaban J connectivity index is 1.84. The largest absolute Gasteiger partial charge is 0.507 e. The van der Waals surface area contributed by atoms with E-state index in [1.54, 1.807) is 4.90 Å². The highest BCUT2D eigenvalue weighted by atomic mass is 16.6. The predicted octanol–water partition coefficient (Wildman–Crippen LogP) is 4.03. The molecule has 32 heavy (non-hydrogen) atoms. The lowest BCUT2D eigenvalue weighted by molar-refractivity contribution is -0.384. The molecule has 8 heteroatoms. The highest BCUT2D eigenvalue weighted by molar-refractivity contribution is 6.46. The van der Waals surface area contributed by atoms with Crippen LogP contribution in [-0.4, -0.2) is 46.8 Å². The molecule has 166 valence electrons. The van der Waals surface area contributed by atoms with Crippen molar-refractivity contribution in [3.8, 4) is 0 Å². The normalized spacial score (nSPS) is 20.7. The van der Waals surface area contributed by atoms with Gasteiger partial charge in [-0.05, 0) is 42.7 Å². The van der Waals surface area contributed by atoms with Gasteiger partial charge in [-0.25, -0.2) is 0 Å². The molecule has 1 amide bonds. The maximum absolute atomic E-state index is 13.1. The predicted molar refractivity (Wildman–Crippen MR) is 120 cm³/mol. The average Bonchev–Trinajstić information content (AvgIpc) is 3.40. The Bertz CT molecular complexity index is 1080. The molecule has 1 aliphatic carbocycles. The van der Waals surface area contributed by atoms with Gasteiger partial charge in [-0.15, -0.1) is 0 Å². The van der Waals surface area contributed by atoms with Crippen molar-refractivity contribution in [3.63, 3.8) is 0 Å². The van der Waals surface area contributed by atoms with E-state index in [1.807, 2.05) is 43.3 Å². The first-order valence-electron chi connectivity index (χ1n) is 10.6. The molecule has 1 heterocycles. The number of non-ortho nitro benzene ring substituents is 1. The third-order valence-electron chi connectivity index (χ3n) is 6.27. The van der Waals surface area contributed by atoms with Gasteiger partial charge < -0.3 is 14.9 Å². The van der Waals surface area contributed by atoms with E-state index in [-0.39, 0.29) is 28.6 Å². The third-order valence-corrected chi connectivity index (χ3v) is 6.27. The van der Waals surface area contributed by atoms with E-state index in [4.69, 9.17) is 0 Å². The number of Topliss-reactive ketones (excluding diaryl/α,β-unsaturated/α-hetero) is 1. The number of amides is 1. The fourth-order valence-corrected chi connectivity index (χ4v) is 4.59. The number of benzene rings is 2. The van der Waals surface area contributed by atoms with Crippen LogP contribution in [-0.2, 0) is 9.59 Å². The van der Waals surface area contributed by atoms with Gasteiger partial charge in [-0.1, -0.05) is 25.0 Å². The number of nitrogens with zero attached hydrogens (tertiary/aromatic N) is 3. The molecule has 1 saturated heterocycles. The van der Waals surface area contributed by atoms with E-state index in [2.05, 4.69) is 0 Å². The summed E-state index contributed by atoms with van der Waals surface area (Å²) < 4.78 is 0. The minimum Gasteiger partial charge on any atom is -0.507 e. The van der Waals surface area contributed by atoms with Crippen LogP contribution in [0.3, 0.4) is 0 Å². The van der Waals surface area contributed by atoms with Gasteiger partial charge in [-0.2, -0.15) is 0 Å². The monoisotopic (exact) mass is 435 g/mol. The minimum absolute atomic E-state index is 0.0216. The lowest BCUT2D eigenvalue weighted by Crippen LogP contribution is -2.37. The molecule has 2 aromatic rings. The second kappa shape index (κ2) is 8.45. The van der Waals surface area contributed by atoms with E-state index in [0.29, 0.717) is 0 Å². The Kier molecular flexibility index (Phi) is 5.69. The number of hydrogen-bond donors (Lipinski definition) is 1. The number of likely N-dealkylation sites (tertiary alicyclic amines) is 1. The minimum atomic E-state index is -0.727. The van der Waals surface area contributed by atoms with Crippen LogP contribution in [0.2, 0.25) is 0 Å². The number of aliphatic hydroxyl groups excluding tert-OH is 1. The standard InChI is InChI=1S/C24H25N3O5/c1-25(2)17-11-7-15(8-12-17)21-20(22(28)16-9-13-19(14-10-16)27(31)32)23(29)24(30)26(21)18-5-3-4-6-18/h7-14,18,21,28H,3-6H2,1-2H3/b22-20-. The molecular weight excluding hydrogens is 410 g/mol. The van der Waals surface area contributed by atoms with Gasteiger partial charge in [0.05, 0.1) is 16.5 Å². The van der Waals surface area contributed by atoms with Crippen molar-refractivity contribution >= 4 is 28.8 Å². The first-order chi connectivity index (χ1) is 15.3. The maximum Gasteiger partial charge on any atom is 0.295 e. The summed E-state index contributed by atoms with van der Waals surface area (Å²) in [6.45, 7) is 0. The van der Waals surface area contributed by atoms with Gasteiger partial charge >= 0.3 is 0 Å². The summed E-state index contributed by atoms with van der Waals surface area (Å²) >= 11 is 0. The molecule has 0 spiro atoms. The van der Waals surface area contributed by atoms with Crippen molar-refractivity contribution < 1.29 is 19.6 Å². The number of rotatable bonds is 5. The second-order valence-corrected chi connectivity index (χ2v) is 8.43. The fraction of sp³-hybridized carbons (Fsp3) is 0.333. The van der Waals surface area contributed by atoms with Crippen LogP contribution in [0.15, 0.2) is 54.1 Å². The smallest absolute Gasteiger partial charge is 0.295 e. The van der Waals surface area contributed by atoms with Crippen molar-refractivity contribution in [3.05, 3.63) is 75.3 Å². The molecule has 1 unspecified atom stereocenters. The van der Waals surface area contributed by atoms with Crippen LogP contribution in [0.25, 0.3) is 5.76 Å². The molecule has 4 rings (SSSR count). The molecule has 8 nitrogen and oxygen atoms in total. The van der Waals surface area contributed by atoms with Crippen molar-refractivity contribution in [2.24, 2.45) is 0 Å². The van der Waals surface area contributed by atoms with E-state index >= 15 is 0 Å². The summed E-state index contributed by atoms with van der Waals surface area (Å²) in [5.41, 5.74) is 1.87. The summed E-state index contributed by atoms with van der Waals surface area (Å²) in [7, 11) is 3.85. The van der Waals surface area contributed by atoms with Crippen LogP contribution in [0.4, 0.5) is 11.4 Å². The lowest BCUT2D eigenvalue weighted by Gasteiger charge is -2.31. The third kappa shape index (κ3) is 3.72. The highest BCUT2D eigenvalue weighted by Crippen LogP contribution is 2.43. The van der Waals surface area contributed by atoms with Gasteiger partial charge in [0.25, 0.3) is 17.4 Å². The van der Waals surface area contributed by atoms with Crippen molar-refractivity contribution in [1.29, 1.82) is 0 Å². The number of ketones is 1. The average molecular weight is 435 g/mol. The number of hydrogen-bond acceptors (Lipinski definition) is 6. The second-order valence-electron chi connectivity index (χ2n) is 8.43. The fourth-order valence-electron chi connectivity index (χ4n) is 4.59. The number of nitro groups is 1. The van der Waals surface area contributed by atoms with Gasteiger partial charge in [0, 0.05) is 43.5 Å². The summed E-state index contributed by atoms with van der Waals surface area (Å²) in [5, 5.41) is 22.0. The number of carbonyl (C=O) groups excluding carboxylic acids is 2. The molecule has 0 radical (unpaired) electrons. The topological polar surface area (TPSA) is 104 Å². The molecule has 1 N–H and O–H groups in total. The summed E-state index contributed by atoms with van der Waals surface area (Å²) in [5.74, 6) is -1.66. The van der Waals surface area contributed by atoms with E-state index in [1.165, 1.54) is 24.3 Å². The van der Waals surface area contributed by atoms with Crippen LogP contribution >= 0.6 is 0 Å². The van der Waals surface area contributed by atoms with Gasteiger partial charge in [0.15, 0.2) is 0 Å². The zero-order valence-corrected chi connectivity index (χ0v) is 18.0. The molecule has 0 aromatic heterocycles. The quantitative estimate of drug-likeness (QED) is 0.250. The summed E-state index contributed by atoms with van der Waals surface area (Å²) in [4.78, 5) is 40.2. The Morgan fingerprint density at radius 3 is 2.16 bits per heavy atom. The Labute approximate surface area is 185 Å². The van der Waals surface area contributed by atoms with Gasteiger partial charge in [0.2, 0.25) is 0 Å². The number of carbonyl (C=O) groups is 2. The highest BCUT2D eigenvalue weighted by Gasteiger charge is 2.49. The molecule has 2 fully saturated rings. The van der Waals surface area contributed by atoms with E-state index in [0.717, 1.165) is 36.9 Å². The Morgan fingerprint density at radius 1 is 1.03 bits per heavy atom. The Hall–Kier alpha value is -3.68. The van der Waals surface area contributed by atoms with E-state index < -0.39 is 22.7 Å². The van der Waals surface area contributed by atoms with Crippen molar-refractivity contribution in [1.82, 2.24) is 4.90 Å². The molecule has 2 aliphatic rings.